The van der Waals surface area contributed by atoms with Gasteiger partial charge in [-0.15, -0.1) is 0 Å². The summed E-state index contributed by atoms with van der Waals surface area (Å²) >= 11 is 0. The second-order valence-electron chi connectivity index (χ2n) is 8.25. The minimum Gasteiger partial charge on any atom is -0.275 e. The first-order chi connectivity index (χ1) is 16.3. The second kappa shape index (κ2) is 11.4. The number of nitrogens with zero attached hydrogens (tertiary/aromatic N) is 5. The van der Waals surface area contributed by atoms with Gasteiger partial charge in [0.25, 0.3) is 0 Å². The molecule has 0 aliphatic carbocycles. The molecule has 0 fully saturated rings. The number of hydrogen-bond donors (Lipinski definition) is 0. The average molecular weight is 438 g/mol. The predicted molar refractivity (Wildman–Crippen MR) is 131 cm³/mol. The molecule has 0 saturated carbocycles. The standard InChI is InChI=1S/C28H31N5/c1-2-3-8-17-28(26-15-6-11-20-31-26,27-16-7-12-21-32-27)33(22-24-13-4-9-18-29-24)23-25-14-5-10-19-30-25/h4-7,9-16,18-21H,2-3,8,17,22-23H2,1H3. The van der Waals surface area contributed by atoms with E-state index in [1.165, 1.54) is 0 Å². The number of aromatic nitrogens is 4. The van der Waals surface area contributed by atoms with E-state index in [1.807, 2.05) is 61.2 Å². The van der Waals surface area contributed by atoms with Crippen LogP contribution in [0.5, 0.6) is 0 Å². The Bertz CT molecular complexity index is 991. The Balaban J connectivity index is 1.88. The van der Waals surface area contributed by atoms with E-state index in [0.717, 1.165) is 48.5 Å². The predicted octanol–water partition coefficient (Wildman–Crippen LogP) is 5.79. The monoisotopic (exact) mass is 437 g/mol. The SMILES string of the molecule is CCCCCC(c1ccccn1)(c1ccccn1)N(Cc1ccccn1)Cc1ccccn1. The lowest BCUT2D eigenvalue weighted by atomic mass is 9.82. The molecule has 4 aromatic heterocycles. The van der Waals surface area contributed by atoms with Crippen LogP contribution in [0.25, 0.3) is 0 Å². The molecule has 0 unspecified atom stereocenters. The van der Waals surface area contributed by atoms with Gasteiger partial charge in [-0.2, -0.15) is 0 Å². The Labute approximate surface area is 196 Å². The van der Waals surface area contributed by atoms with E-state index < -0.39 is 5.54 Å². The lowest BCUT2D eigenvalue weighted by molar-refractivity contribution is 0.0810. The van der Waals surface area contributed by atoms with E-state index in [9.17, 15) is 0 Å². The van der Waals surface area contributed by atoms with Crippen LogP contribution in [0.1, 0.15) is 55.4 Å². The van der Waals surface area contributed by atoms with E-state index in [4.69, 9.17) is 9.97 Å². The molecule has 5 nitrogen and oxygen atoms in total. The van der Waals surface area contributed by atoms with Gasteiger partial charge in [-0.3, -0.25) is 24.8 Å². The number of rotatable bonds is 11. The number of unbranched alkanes of at least 4 members (excludes halogenated alkanes) is 2. The maximum Gasteiger partial charge on any atom is 0.107 e. The van der Waals surface area contributed by atoms with Crippen LogP contribution in [0.4, 0.5) is 0 Å². The second-order valence-corrected chi connectivity index (χ2v) is 8.25. The lowest BCUT2D eigenvalue weighted by Gasteiger charge is -2.43. The van der Waals surface area contributed by atoms with Gasteiger partial charge in [0, 0.05) is 37.9 Å². The quantitative estimate of drug-likeness (QED) is 0.278. The van der Waals surface area contributed by atoms with Gasteiger partial charge in [0.2, 0.25) is 0 Å². The summed E-state index contributed by atoms with van der Waals surface area (Å²) in [6.45, 7) is 3.57. The molecule has 0 spiro atoms. The minimum absolute atomic E-state index is 0.507. The smallest absolute Gasteiger partial charge is 0.107 e. The van der Waals surface area contributed by atoms with Crippen LogP contribution in [-0.2, 0) is 18.6 Å². The molecule has 0 N–H and O–H groups in total. The molecule has 5 heteroatoms. The molecule has 0 atom stereocenters. The van der Waals surface area contributed by atoms with Crippen molar-refractivity contribution in [1.82, 2.24) is 24.8 Å². The van der Waals surface area contributed by atoms with Crippen molar-refractivity contribution >= 4 is 0 Å². The third-order valence-electron chi connectivity index (χ3n) is 6.02. The molecule has 0 aliphatic rings. The van der Waals surface area contributed by atoms with Crippen LogP contribution in [0.2, 0.25) is 0 Å². The van der Waals surface area contributed by atoms with Crippen LogP contribution in [0.3, 0.4) is 0 Å². The van der Waals surface area contributed by atoms with Gasteiger partial charge in [0.05, 0.1) is 22.8 Å². The molecule has 0 aromatic carbocycles. The summed E-state index contributed by atoms with van der Waals surface area (Å²) in [6, 6.07) is 24.5. The van der Waals surface area contributed by atoms with Gasteiger partial charge in [-0.25, -0.2) is 0 Å². The largest absolute Gasteiger partial charge is 0.275 e. The van der Waals surface area contributed by atoms with Crippen molar-refractivity contribution in [1.29, 1.82) is 0 Å². The molecule has 168 valence electrons. The molecular weight excluding hydrogens is 406 g/mol. The molecular formula is C28H31N5. The van der Waals surface area contributed by atoms with E-state index in [-0.39, 0.29) is 0 Å². The van der Waals surface area contributed by atoms with Crippen molar-refractivity contribution in [2.45, 2.75) is 51.2 Å². The van der Waals surface area contributed by atoms with Crippen LogP contribution >= 0.6 is 0 Å². The van der Waals surface area contributed by atoms with Crippen molar-refractivity contribution in [2.24, 2.45) is 0 Å². The van der Waals surface area contributed by atoms with Gasteiger partial charge < -0.3 is 0 Å². The van der Waals surface area contributed by atoms with Crippen molar-refractivity contribution in [3.63, 3.8) is 0 Å². The van der Waals surface area contributed by atoms with Crippen molar-refractivity contribution in [3.05, 3.63) is 120 Å². The molecule has 4 heterocycles. The topological polar surface area (TPSA) is 54.8 Å². The maximum absolute atomic E-state index is 4.89. The fourth-order valence-electron chi connectivity index (χ4n) is 4.42. The highest BCUT2D eigenvalue weighted by molar-refractivity contribution is 5.31. The normalized spacial score (nSPS) is 11.6. The molecule has 0 bridgehead atoms. The Hall–Kier alpha value is -3.44. The third kappa shape index (κ3) is 5.49. The molecule has 4 aromatic rings. The van der Waals surface area contributed by atoms with Gasteiger partial charge in [-0.1, -0.05) is 50.5 Å². The van der Waals surface area contributed by atoms with Crippen LogP contribution in [-0.4, -0.2) is 24.8 Å². The summed E-state index contributed by atoms with van der Waals surface area (Å²) in [4.78, 5) is 21.5. The highest BCUT2D eigenvalue weighted by Crippen LogP contribution is 2.40. The number of pyridine rings is 4. The molecule has 33 heavy (non-hydrogen) atoms. The van der Waals surface area contributed by atoms with E-state index in [0.29, 0.717) is 13.1 Å². The Morgan fingerprint density at radius 3 is 1.48 bits per heavy atom. The summed E-state index contributed by atoms with van der Waals surface area (Å²) in [5, 5.41) is 0. The minimum atomic E-state index is -0.507. The van der Waals surface area contributed by atoms with E-state index in [2.05, 4.69) is 58.2 Å². The lowest BCUT2D eigenvalue weighted by Crippen LogP contribution is -2.48. The fraction of sp³-hybridized carbons (Fsp3) is 0.286. The fourth-order valence-corrected chi connectivity index (χ4v) is 4.42. The molecule has 0 aliphatic heterocycles. The zero-order valence-corrected chi connectivity index (χ0v) is 19.2. The third-order valence-corrected chi connectivity index (χ3v) is 6.02. The van der Waals surface area contributed by atoms with Crippen LogP contribution in [0, 0.1) is 0 Å². The van der Waals surface area contributed by atoms with Gasteiger partial charge >= 0.3 is 0 Å². The van der Waals surface area contributed by atoms with Crippen molar-refractivity contribution < 1.29 is 0 Å². The van der Waals surface area contributed by atoms with Crippen molar-refractivity contribution in [2.75, 3.05) is 0 Å². The Morgan fingerprint density at radius 1 is 0.606 bits per heavy atom. The first-order valence-corrected chi connectivity index (χ1v) is 11.7. The first kappa shape index (κ1) is 22.7. The molecule has 0 saturated heterocycles. The van der Waals surface area contributed by atoms with Crippen LogP contribution < -0.4 is 0 Å². The summed E-state index contributed by atoms with van der Waals surface area (Å²) in [7, 11) is 0. The Kier molecular flexibility index (Phi) is 7.88. The number of hydrogen-bond acceptors (Lipinski definition) is 5. The van der Waals surface area contributed by atoms with Crippen LogP contribution in [0.15, 0.2) is 97.6 Å². The summed E-state index contributed by atoms with van der Waals surface area (Å²) < 4.78 is 0. The van der Waals surface area contributed by atoms with Crippen molar-refractivity contribution in [3.8, 4) is 0 Å². The first-order valence-electron chi connectivity index (χ1n) is 11.7. The van der Waals surface area contributed by atoms with Gasteiger partial charge in [-0.05, 0) is 55.0 Å². The van der Waals surface area contributed by atoms with Gasteiger partial charge in [0.15, 0.2) is 0 Å². The zero-order valence-electron chi connectivity index (χ0n) is 19.2. The van der Waals surface area contributed by atoms with Gasteiger partial charge in [0.1, 0.15) is 5.54 Å². The maximum atomic E-state index is 4.89. The zero-order chi connectivity index (χ0) is 22.8. The average Bonchev–Trinajstić information content (AvgIpc) is 2.89. The Morgan fingerprint density at radius 2 is 1.09 bits per heavy atom. The highest BCUT2D eigenvalue weighted by atomic mass is 15.2. The summed E-state index contributed by atoms with van der Waals surface area (Å²) in [5.41, 5.74) is 3.53. The molecule has 0 amide bonds. The highest BCUT2D eigenvalue weighted by Gasteiger charge is 2.42. The summed E-state index contributed by atoms with van der Waals surface area (Å²) in [5.74, 6) is 0. The van der Waals surface area contributed by atoms with E-state index >= 15 is 0 Å². The van der Waals surface area contributed by atoms with E-state index in [1.54, 1.807) is 0 Å². The summed E-state index contributed by atoms with van der Waals surface area (Å²) in [6.07, 6.45) is 11.8. The molecule has 4 rings (SSSR count). The molecule has 0 radical (unpaired) electrons.